The molecule has 0 radical (unpaired) electrons. The Morgan fingerprint density at radius 1 is 1.20 bits per heavy atom. The van der Waals surface area contributed by atoms with Gasteiger partial charge in [-0.15, -0.1) is 22.7 Å². The summed E-state index contributed by atoms with van der Waals surface area (Å²) in [5.74, 6) is 0.193. The number of hydrogen-bond donors (Lipinski definition) is 0. The summed E-state index contributed by atoms with van der Waals surface area (Å²) in [6, 6.07) is 2.02. The average molecular weight is 378 g/mol. The number of thiophene rings is 1. The van der Waals surface area contributed by atoms with Crippen LogP contribution in [0, 0.1) is 6.92 Å². The second-order valence-electron chi connectivity index (χ2n) is 7.75. The molecule has 0 aromatic carbocycles. The highest BCUT2D eigenvalue weighted by molar-refractivity contribution is 7.12. The number of thiazole rings is 1. The van der Waals surface area contributed by atoms with Crippen LogP contribution in [0.3, 0.4) is 0 Å². The number of carbonyl (C=O) groups is 1. The minimum absolute atomic E-state index is 0.115. The van der Waals surface area contributed by atoms with Crippen molar-refractivity contribution in [2.24, 2.45) is 0 Å². The van der Waals surface area contributed by atoms with E-state index in [0.717, 1.165) is 55.3 Å². The van der Waals surface area contributed by atoms with Gasteiger partial charge in [-0.3, -0.25) is 9.69 Å². The second kappa shape index (κ2) is 7.56. The quantitative estimate of drug-likeness (QED) is 0.806. The smallest absolute Gasteiger partial charge is 0.264 e. The first-order chi connectivity index (χ1) is 11.8. The third-order valence-corrected chi connectivity index (χ3v) is 6.83. The molecule has 2 aromatic heterocycles. The summed E-state index contributed by atoms with van der Waals surface area (Å²) >= 11 is 3.31. The molecule has 0 spiro atoms. The molecule has 1 fully saturated rings. The van der Waals surface area contributed by atoms with Crippen molar-refractivity contribution >= 4 is 28.6 Å². The summed E-state index contributed by atoms with van der Waals surface area (Å²) < 4.78 is 0. The highest BCUT2D eigenvalue weighted by Gasteiger charge is 2.23. The molecule has 0 bridgehead atoms. The zero-order chi connectivity index (χ0) is 18.0. The molecule has 1 saturated heterocycles. The van der Waals surface area contributed by atoms with Gasteiger partial charge in [-0.05, 0) is 30.4 Å². The van der Waals surface area contributed by atoms with Crippen molar-refractivity contribution < 1.29 is 4.79 Å². The maximum atomic E-state index is 12.7. The van der Waals surface area contributed by atoms with Crippen LogP contribution in [0.4, 0.5) is 0 Å². The Morgan fingerprint density at radius 3 is 2.64 bits per heavy atom. The van der Waals surface area contributed by atoms with Crippen LogP contribution in [-0.4, -0.2) is 46.9 Å². The van der Waals surface area contributed by atoms with Crippen molar-refractivity contribution in [2.75, 3.05) is 26.2 Å². The predicted octanol–water partition coefficient (Wildman–Crippen LogP) is 4.16. The molecule has 3 rings (SSSR count). The highest BCUT2D eigenvalue weighted by Crippen LogP contribution is 2.26. The first-order valence-corrected chi connectivity index (χ1v) is 10.6. The van der Waals surface area contributed by atoms with E-state index in [2.05, 4.69) is 31.1 Å². The zero-order valence-corrected chi connectivity index (χ0v) is 17.2. The molecule has 0 unspecified atom stereocenters. The summed E-state index contributed by atoms with van der Waals surface area (Å²) in [4.78, 5) is 22.9. The minimum Gasteiger partial charge on any atom is -0.337 e. The van der Waals surface area contributed by atoms with Gasteiger partial charge in [-0.2, -0.15) is 0 Å². The lowest BCUT2D eigenvalue weighted by Crippen LogP contribution is -2.35. The number of amides is 1. The summed E-state index contributed by atoms with van der Waals surface area (Å²) in [5.41, 5.74) is 2.36. The predicted molar refractivity (Wildman–Crippen MR) is 106 cm³/mol. The van der Waals surface area contributed by atoms with Gasteiger partial charge in [0.2, 0.25) is 0 Å². The highest BCUT2D eigenvalue weighted by atomic mass is 32.1. The SMILES string of the molecule is Cc1ccsc1C(=O)N1CCCN(Cc2csc(C(C)(C)C)n2)CC1. The van der Waals surface area contributed by atoms with Gasteiger partial charge in [-0.25, -0.2) is 4.98 Å². The summed E-state index contributed by atoms with van der Waals surface area (Å²) in [7, 11) is 0. The third kappa shape index (κ3) is 4.49. The maximum absolute atomic E-state index is 12.7. The van der Waals surface area contributed by atoms with Crippen LogP contribution >= 0.6 is 22.7 Å². The Kier molecular flexibility index (Phi) is 5.61. The lowest BCUT2D eigenvalue weighted by molar-refractivity contribution is 0.0765. The zero-order valence-electron chi connectivity index (χ0n) is 15.5. The van der Waals surface area contributed by atoms with Crippen LogP contribution in [0.1, 0.15) is 53.1 Å². The summed E-state index contributed by atoms with van der Waals surface area (Å²) in [6.07, 6.45) is 1.02. The largest absolute Gasteiger partial charge is 0.337 e. The van der Waals surface area contributed by atoms with Crippen molar-refractivity contribution in [1.82, 2.24) is 14.8 Å². The van der Waals surface area contributed by atoms with E-state index in [9.17, 15) is 4.79 Å². The van der Waals surface area contributed by atoms with Crippen molar-refractivity contribution in [3.8, 4) is 0 Å². The first-order valence-electron chi connectivity index (χ1n) is 8.85. The van der Waals surface area contributed by atoms with Gasteiger partial charge in [0.05, 0.1) is 15.6 Å². The standard InChI is InChI=1S/C19H27N3OS2/c1-14-6-11-24-16(14)17(23)22-8-5-7-21(9-10-22)12-15-13-25-18(20-15)19(2,3)4/h6,11,13H,5,7-10,12H2,1-4H3. The lowest BCUT2D eigenvalue weighted by atomic mass is 9.98. The topological polar surface area (TPSA) is 36.4 Å². The van der Waals surface area contributed by atoms with E-state index < -0.39 is 0 Å². The molecule has 3 heterocycles. The molecule has 6 heteroatoms. The molecule has 1 amide bonds. The van der Waals surface area contributed by atoms with Crippen LogP contribution < -0.4 is 0 Å². The number of carbonyl (C=O) groups excluding carboxylic acids is 1. The first kappa shape index (κ1) is 18.5. The van der Waals surface area contributed by atoms with E-state index in [1.165, 1.54) is 5.01 Å². The Morgan fingerprint density at radius 2 is 2.00 bits per heavy atom. The molecular formula is C19H27N3OS2. The summed E-state index contributed by atoms with van der Waals surface area (Å²) in [5, 5.41) is 5.38. The Hall–Kier alpha value is -1.24. The van der Waals surface area contributed by atoms with Crippen molar-refractivity contribution in [2.45, 2.75) is 46.1 Å². The second-order valence-corrected chi connectivity index (χ2v) is 9.52. The molecular weight excluding hydrogens is 350 g/mol. The fraction of sp³-hybridized carbons (Fsp3) is 0.579. The van der Waals surface area contributed by atoms with Gasteiger partial charge in [0.25, 0.3) is 5.91 Å². The van der Waals surface area contributed by atoms with E-state index >= 15 is 0 Å². The number of aryl methyl sites for hydroxylation is 1. The fourth-order valence-corrected chi connectivity index (χ4v) is 4.81. The van der Waals surface area contributed by atoms with Crippen molar-refractivity contribution in [3.05, 3.63) is 38.0 Å². The molecule has 0 atom stereocenters. The number of rotatable bonds is 3. The van der Waals surface area contributed by atoms with Gasteiger partial charge in [-0.1, -0.05) is 20.8 Å². The van der Waals surface area contributed by atoms with Crippen molar-refractivity contribution in [3.63, 3.8) is 0 Å². The van der Waals surface area contributed by atoms with E-state index in [1.54, 1.807) is 22.7 Å². The minimum atomic E-state index is 0.115. The van der Waals surface area contributed by atoms with Crippen LogP contribution in [0.2, 0.25) is 0 Å². The average Bonchev–Trinajstić information content (AvgIpc) is 3.11. The van der Waals surface area contributed by atoms with Crippen LogP contribution in [0.15, 0.2) is 16.8 Å². The molecule has 25 heavy (non-hydrogen) atoms. The van der Waals surface area contributed by atoms with E-state index in [4.69, 9.17) is 4.98 Å². The van der Waals surface area contributed by atoms with Gasteiger partial charge < -0.3 is 4.90 Å². The fourth-order valence-electron chi connectivity index (χ4n) is 3.02. The number of aromatic nitrogens is 1. The normalized spacial score (nSPS) is 16.9. The monoisotopic (exact) mass is 377 g/mol. The van der Waals surface area contributed by atoms with Gasteiger partial charge in [0, 0.05) is 43.5 Å². The molecule has 0 aliphatic carbocycles. The Bertz CT molecular complexity index is 729. The van der Waals surface area contributed by atoms with Crippen LogP contribution in [0.5, 0.6) is 0 Å². The summed E-state index contributed by atoms with van der Waals surface area (Å²) in [6.45, 7) is 13.1. The lowest BCUT2D eigenvalue weighted by Gasteiger charge is -2.21. The molecule has 1 aliphatic heterocycles. The van der Waals surface area contributed by atoms with Crippen LogP contribution in [0.25, 0.3) is 0 Å². The maximum Gasteiger partial charge on any atom is 0.264 e. The number of hydrogen-bond acceptors (Lipinski definition) is 5. The molecule has 0 saturated carbocycles. The Labute approximate surface area is 158 Å². The van der Waals surface area contributed by atoms with Crippen molar-refractivity contribution in [1.29, 1.82) is 0 Å². The Balaban J connectivity index is 1.59. The molecule has 0 N–H and O–H groups in total. The van der Waals surface area contributed by atoms with Gasteiger partial charge in [0.15, 0.2) is 0 Å². The van der Waals surface area contributed by atoms with Crippen LogP contribution in [-0.2, 0) is 12.0 Å². The third-order valence-electron chi connectivity index (χ3n) is 4.51. The van der Waals surface area contributed by atoms with E-state index in [0.29, 0.717) is 0 Å². The molecule has 1 aliphatic rings. The number of nitrogens with zero attached hydrogens (tertiary/aromatic N) is 3. The molecule has 2 aromatic rings. The van der Waals surface area contributed by atoms with Gasteiger partial charge >= 0.3 is 0 Å². The molecule has 4 nitrogen and oxygen atoms in total. The van der Waals surface area contributed by atoms with E-state index in [1.807, 2.05) is 23.3 Å². The van der Waals surface area contributed by atoms with Gasteiger partial charge in [0.1, 0.15) is 0 Å². The van der Waals surface area contributed by atoms with E-state index in [-0.39, 0.29) is 11.3 Å². The molecule has 136 valence electrons.